The Bertz CT molecular complexity index is 818. The van der Waals surface area contributed by atoms with Gasteiger partial charge in [0.05, 0.1) is 39.1 Å². The first-order valence-corrected chi connectivity index (χ1v) is 7.38. The smallest absolute Gasteiger partial charge is 0.203 e. The zero-order valence-electron chi connectivity index (χ0n) is 13.8. The third-order valence-corrected chi connectivity index (χ3v) is 3.90. The Morgan fingerprint density at radius 1 is 1.00 bits per heavy atom. The van der Waals surface area contributed by atoms with Crippen LogP contribution in [0.15, 0.2) is 35.3 Å². The minimum atomic E-state index is -0.0175. The second-order valence-electron chi connectivity index (χ2n) is 5.35. The van der Waals surface area contributed by atoms with Gasteiger partial charge in [0.2, 0.25) is 5.75 Å². The van der Waals surface area contributed by atoms with E-state index in [4.69, 9.17) is 19.9 Å². The molecule has 0 saturated heterocycles. The molecule has 0 spiro atoms. The van der Waals surface area contributed by atoms with Crippen LogP contribution in [0.25, 0.3) is 0 Å². The lowest BCUT2D eigenvalue weighted by atomic mass is 9.95. The van der Waals surface area contributed by atoms with E-state index in [2.05, 4.69) is 4.99 Å². The first-order valence-electron chi connectivity index (χ1n) is 7.38. The molecule has 2 aromatic rings. The van der Waals surface area contributed by atoms with E-state index >= 15 is 0 Å². The van der Waals surface area contributed by atoms with E-state index < -0.39 is 0 Å². The van der Waals surface area contributed by atoms with Crippen molar-refractivity contribution in [2.24, 2.45) is 4.99 Å². The SMILES string of the molecule is COc1cc(C2=Nc3ccc(N)cc3C(=O)C2)cc(OC)c1OC. The van der Waals surface area contributed by atoms with Crippen molar-refractivity contribution in [2.75, 3.05) is 27.1 Å². The number of hydrogen-bond acceptors (Lipinski definition) is 6. The van der Waals surface area contributed by atoms with Crippen LogP contribution in [0.3, 0.4) is 0 Å². The highest BCUT2D eigenvalue weighted by Gasteiger charge is 2.23. The third-order valence-electron chi connectivity index (χ3n) is 3.90. The summed E-state index contributed by atoms with van der Waals surface area (Å²) in [5.41, 5.74) is 8.86. The van der Waals surface area contributed by atoms with Crippen molar-refractivity contribution in [1.29, 1.82) is 0 Å². The fourth-order valence-electron chi connectivity index (χ4n) is 2.72. The van der Waals surface area contributed by atoms with Crippen molar-refractivity contribution in [1.82, 2.24) is 0 Å². The molecule has 124 valence electrons. The molecule has 0 aliphatic carbocycles. The number of hydrogen-bond donors (Lipinski definition) is 1. The fourth-order valence-corrected chi connectivity index (χ4v) is 2.72. The Balaban J connectivity index is 2.12. The lowest BCUT2D eigenvalue weighted by molar-refractivity contribution is 0.1000. The second-order valence-corrected chi connectivity index (χ2v) is 5.35. The molecule has 0 saturated carbocycles. The van der Waals surface area contributed by atoms with Gasteiger partial charge in [-0.1, -0.05) is 0 Å². The van der Waals surface area contributed by atoms with Gasteiger partial charge in [0.25, 0.3) is 0 Å². The first kappa shape index (κ1) is 15.9. The molecule has 0 unspecified atom stereocenters. The summed E-state index contributed by atoms with van der Waals surface area (Å²) in [7, 11) is 4.64. The summed E-state index contributed by atoms with van der Waals surface area (Å²) < 4.78 is 16.0. The Hall–Kier alpha value is -3.02. The van der Waals surface area contributed by atoms with Gasteiger partial charge in [-0.05, 0) is 30.3 Å². The number of benzene rings is 2. The number of carbonyl (C=O) groups excluding carboxylic acids is 1. The van der Waals surface area contributed by atoms with Crippen molar-refractivity contribution in [3.8, 4) is 17.2 Å². The van der Waals surface area contributed by atoms with Crippen LogP contribution in [0.1, 0.15) is 22.3 Å². The van der Waals surface area contributed by atoms with Crippen molar-refractivity contribution in [3.05, 3.63) is 41.5 Å². The summed E-state index contributed by atoms with van der Waals surface area (Å²) in [5.74, 6) is 1.52. The molecule has 0 atom stereocenters. The monoisotopic (exact) mass is 326 g/mol. The van der Waals surface area contributed by atoms with E-state index in [1.54, 1.807) is 51.7 Å². The Kier molecular flexibility index (Phi) is 4.12. The Morgan fingerprint density at radius 2 is 1.67 bits per heavy atom. The van der Waals surface area contributed by atoms with Gasteiger partial charge >= 0.3 is 0 Å². The van der Waals surface area contributed by atoms with Crippen LogP contribution >= 0.6 is 0 Å². The normalized spacial score (nSPS) is 13.1. The second kappa shape index (κ2) is 6.23. The molecular formula is C18H18N2O4. The van der Waals surface area contributed by atoms with Crippen molar-refractivity contribution < 1.29 is 19.0 Å². The van der Waals surface area contributed by atoms with Crippen molar-refractivity contribution in [2.45, 2.75) is 6.42 Å². The molecule has 6 nitrogen and oxygen atoms in total. The van der Waals surface area contributed by atoms with Crippen LogP contribution in [0.2, 0.25) is 0 Å². The van der Waals surface area contributed by atoms with E-state index in [9.17, 15) is 4.79 Å². The number of methoxy groups -OCH3 is 3. The summed E-state index contributed by atoms with van der Waals surface area (Å²) >= 11 is 0. The maximum Gasteiger partial charge on any atom is 0.203 e. The topological polar surface area (TPSA) is 83.1 Å². The molecule has 1 heterocycles. The number of ether oxygens (including phenoxy) is 3. The highest BCUT2D eigenvalue weighted by Crippen LogP contribution is 2.39. The van der Waals surface area contributed by atoms with E-state index in [1.165, 1.54) is 0 Å². The minimum Gasteiger partial charge on any atom is -0.493 e. The molecule has 1 aliphatic heterocycles. The van der Waals surface area contributed by atoms with Crippen LogP contribution in [0.4, 0.5) is 11.4 Å². The zero-order valence-corrected chi connectivity index (χ0v) is 13.8. The molecule has 6 heteroatoms. The standard InChI is InChI=1S/C18H18N2O4/c1-22-16-6-10(7-17(23-2)18(16)24-3)14-9-15(21)12-8-11(19)4-5-13(12)20-14/h4-8H,9,19H2,1-3H3. The third kappa shape index (κ3) is 2.67. The van der Waals surface area contributed by atoms with E-state index in [0.29, 0.717) is 39.9 Å². The van der Waals surface area contributed by atoms with Crippen LogP contribution < -0.4 is 19.9 Å². The van der Waals surface area contributed by atoms with Crippen LogP contribution in [-0.4, -0.2) is 32.8 Å². The van der Waals surface area contributed by atoms with E-state index in [-0.39, 0.29) is 12.2 Å². The highest BCUT2D eigenvalue weighted by atomic mass is 16.5. The average Bonchev–Trinajstić information content (AvgIpc) is 2.60. The highest BCUT2D eigenvalue weighted by molar-refractivity contribution is 6.21. The predicted molar refractivity (Wildman–Crippen MR) is 92.1 cm³/mol. The van der Waals surface area contributed by atoms with Crippen molar-refractivity contribution >= 4 is 22.9 Å². The molecule has 0 radical (unpaired) electrons. The number of nitrogens with zero attached hydrogens (tertiary/aromatic N) is 1. The van der Waals surface area contributed by atoms with Crippen LogP contribution in [0, 0.1) is 0 Å². The maximum absolute atomic E-state index is 12.4. The van der Waals surface area contributed by atoms with E-state index in [0.717, 1.165) is 5.56 Å². The summed E-state index contributed by atoms with van der Waals surface area (Å²) in [4.78, 5) is 17.0. The molecule has 2 aromatic carbocycles. The number of Topliss-reactive ketones (excluding diaryl/α,β-unsaturated/α-hetero) is 1. The minimum absolute atomic E-state index is 0.0175. The number of nitrogen functional groups attached to an aromatic ring is 1. The lowest BCUT2D eigenvalue weighted by Crippen LogP contribution is -2.15. The molecular weight excluding hydrogens is 308 g/mol. The van der Waals surface area contributed by atoms with Crippen LogP contribution in [-0.2, 0) is 0 Å². The quantitative estimate of drug-likeness (QED) is 0.873. The van der Waals surface area contributed by atoms with Crippen molar-refractivity contribution in [3.63, 3.8) is 0 Å². The molecule has 24 heavy (non-hydrogen) atoms. The summed E-state index contributed by atoms with van der Waals surface area (Å²) in [6.45, 7) is 0. The largest absolute Gasteiger partial charge is 0.493 e. The number of fused-ring (bicyclic) bond motifs is 1. The van der Waals surface area contributed by atoms with Gasteiger partial charge in [-0.2, -0.15) is 0 Å². The summed E-state index contributed by atoms with van der Waals surface area (Å²) in [6, 6.07) is 8.71. The number of carbonyl (C=O) groups is 1. The molecule has 2 N–H and O–H groups in total. The number of rotatable bonds is 4. The molecule has 1 aliphatic rings. The van der Waals surface area contributed by atoms with Gasteiger partial charge in [0.1, 0.15) is 0 Å². The Morgan fingerprint density at radius 3 is 2.25 bits per heavy atom. The number of anilines is 1. The number of aliphatic imine (C=N–C) groups is 1. The fraction of sp³-hybridized carbons (Fsp3) is 0.222. The summed E-state index contributed by atoms with van der Waals surface area (Å²) in [6.07, 6.45) is 0.190. The van der Waals surface area contributed by atoms with Gasteiger partial charge in [-0.3, -0.25) is 9.79 Å². The molecule has 0 fully saturated rings. The first-order chi connectivity index (χ1) is 11.6. The predicted octanol–water partition coefficient (Wildman–Crippen LogP) is 3.00. The zero-order chi connectivity index (χ0) is 17.3. The lowest BCUT2D eigenvalue weighted by Gasteiger charge is -2.18. The molecule has 0 amide bonds. The Labute approximate surface area is 139 Å². The van der Waals surface area contributed by atoms with Crippen LogP contribution in [0.5, 0.6) is 17.2 Å². The molecule has 0 aromatic heterocycles. The van der Waals surface area contributed by atoms with E-state index in [1.807, 2.05) is 0 Å². The van der Waals surface area contributed by atoms with Gasteiger partial charge in [0.15, 0.2) is 17.3 Å². The molecule has 3 rings (SSSR count). The number of nitrogens with two attached hydrogens (primary N) is 1. The average molecular weight is 326 g/mol. The molecule has 0 bridgehead atoms. The number of ketones is 1. The van der Waals surface area contributed by atoms with Gasteiger partial charge in [-0.15, -0.1) is 0 Å². The van der Waals surface area contributed by atoms with Gasteiger partial charge in [-0.25, -0.2) is 0 Å². The van der Waals surface area contributed by atoms with Gasteiger partial charge < -0.3 is 19.9 Å². The summed E-state index contributed by atoms with van der Waals surface area (Å²) in [5, 5.41) is 0. The van der Waals surface area contributed by atoms with Gasteiger partial charge in [0, 0.05) is 16.8 Å². The maximum atomic E-state index is 12.4.